The molecule has 2 rings (SSSR count). The monoisotopic (exact) mass is 330 g/mol. The average molecular weight is 330 g/mol. The number of carbonyl (C=O) groups is 2. The molecule has 1 aromatic rings. The molecule has 0 spiro atoms. The van der Waals surface area contributed by atoms with Crippen molar-refractivity contribution in [3.8, 4) is 0 Å². The average Bonchev–Trinajstić information content (AvgIpc) is 2.93. The number of aryl methyl sites for hydroxylation is 1. The largest absolute Gasteiger partial charge is 0.481 e. The zero-order valence-corrected chi connectivity index (χ0v) is 12.5. The number of rotatable bonds is 6. The van der Waals surface area contributed by atoms with Gasteiger partial charge in [0, 0.05) is 12.1 Å². The second kappa shape index (κ2) is 7.03. The number of amides is 1. The minimum absolute atomic E-state index is 0.0785. The topological polar surface area (TPSA) is 110 Å². The Bertz CT molecular complexity index is 568. The van der Waals surface area contributed by atoms with E-state index in [1.54, 1.807) is 0 Å². The molecule has 1 heterocycles. The zero-order chi connectivity index (χ0) is 17.0. The third-order valence-corrected chi connectivity index (χ3v) is 4.18. The lowest BCUT2D eigenvalue weighted by Crippen LogP contribution is -2.53. The fraction of sp³-hybridized carbons (Fsp3) is 0.643. The maximum atomic E-state index is 12.7. The lowest BCUT2D eigenvalue weighted by atomic mass is 9.76. The van der Waals surface area contributed by atoms with E-state index in [9.17, 15) is 18.4 Å². The van der Waals surface area contributed by atoms with Crippen molar-refractivity contribution >= 4 is 17.6 Å². The summed E-state index contributed by atoms with van der Waals surface area (Å²) in [5, 5.41) is 15.2. The number of aliphatic carboxylic acids is 1. The molecule has 7 nitrogen and oxygen atoms in total. The number of halogens is 2. The Labute approximate surface area is 131 Å². The summed E-state index contributed by atoms with van der Waals surface area (Å²) in [4.78, 5) is 22.8. The maximum absolute atomic E-state index is 12.7. The molecule has 0 radical (unpaired) electrons. The second-order valence-electron chi connectivity index (χ2n) is 5.92. The first-order valence-electron chi connectivity index (χ1n) is 7.43. The molecule has 0 atom stereocenters. The summed E-state index contributed by atoms with van der Waals surface area (Å²) in [6.45, 7) is 0.190. The first-order valence-corrected chi connectivity index (χ1v) is 7.43. The van der Waals surface area contributed by atoms with Crippen LogP contribution in [0.15, 0.2) is 12.4 Å². The molecule has 9 heteroatoms. The Kier molecular flexibility index (Phi) is 5.30. The molecule has 23 heavy (non-hydrogen) atoms. The van der Waals surface area contributed by atoms with Crippen molar-refractivity contribution in [2.75, 3.05) is 5.32 Å². The number of alkyl halides is 2. The summed E-state index contributed by atoms with van der Waals surface area (Å²) in [7, 11) is 0. The Morgan fingerprint density at radius 3 is 2.70 bits per heavy atom. The molecule has 1 fully saturated rings. The fourth-order valence-electron chi connectivity index (χ4n) is 2.65. The normalized spacial score (nSPS) is 24.6. The molecule has 0 aliphatic heterocycles. The van der Waals surface area contributed by atoms with Crippen molar-refractivity contribution in [1.29, 1.82) is 0 Å². The van der Waals surface area contributed by atoms with Gasteiger partial charge in [0.2, 0.25) is 12.3 Å². The third kappa shape index (κ3) is 4.47. The van der Waals surface area contributed by atoms with E-state index in [0.29, 0.717) is 5.69 Å². The molecular formula is C14H20F2N4O3. The molecule has 1 aromatic heterocycles. The molecule has 1 aliphatic carbocycles. The van der Waals surface area contributed by atoms with Gasteiger partial charge in [-0.05, 0) is 25.7 Å². The Balaban J connectivity index is 1.90. The smallest absolute Gasteiger partial charge is 0.305 e. The number of nitrogens with two attached hydrogens (primary N) is 1. The molecule has 1 aliphatic rings. The summed E-state index contributed by atoms with van der Waals surface area (Å²) >= 11 is 0. The van der Waals surface area contributed by atoms with E-state index in [2.05, 4.69) is 10.4 Å². The van der Waals surface area contributed by atoms with Gasteiger partial charge < -0.3 is 16.2 Å². The van der Waals surface area contributed by atoms with E-state index in [-0.39, 0.29) is 38.6 Å². The molecule has 0 bridgehead atoms. The Hall–Kier alpha value is -2.03. The van der Waals surface area contributed by atoms with Crippen molar-refractivity contribution in [2.24, 2.45) is 11.7 Å². The first-order chi connectivity index (χ1) is 10.8. The van der Waals surface area contributed by atoms with Gasteiger partial charge in [0.1, 0.15) is 0 Å². The van der Waals surface area contributed by atoms with Crippen LogP contribution >= 0.6 is 0 Å². The van der Waals surface area contributed by atoms with Crippen molar-refractivity contribution in [3.05, 3.63) is 12.4 Å². The van der Waals surface area contributed by atoms with Gasteiger partial charge in [0.25, 0.3) is 0 Å². The Morgan fingerprint density at radius 2 is 2.13 bits per heavy atom. The number of hydrogen-bond acceptors (Lipinski definition) is 4. The molecule has 0 aromatic carbocycles. The standard InChI is InChI=1S/C14H20F2N4O3/c15-12(16)9-1-4-14(17,5-2-9)13(23)19-10-7-18-20(8-10)6-3-11(21)22/h7-9,12H,1-6,17H2,(H,19,23)(H,21,22). The lowest BCUT2D eigenvalue weighted by Gasteiger charge is -2.35. The number of nitrogens with one attached hydrogen (secondary N) is 1. The predicted octanol–water partition coefficient (Wildman–Crippen LogP) is 1.45. The number of aromatic nitrogens is 2. The highest BCUT2D eigenvalue weighted by Gasteiger charge is 2.40. The number of carbonyl (C=O) groups excluding carboxylic acids is 1. The van der Waals surface area contributed by atoms with Crippen molar-refractivity contribution in [1.82, 2.24) is 9.78 Å². The van der Waals surface area contributed by atoms with Gasteiger partial charge in [0.15, 0.2) is 0 Å². The van der Waals surface area contributed by atoms with E-state index in [0.717, 1.165) is 0 Å². The minimum Gasteiger partial charge on any atom is -0.481 e. The quantitative estimate of drug-likeness (QED) is 0.731. The molecule has 0 unspecified atom stereocenters. The summed E-state index contributed by atoms with van der Waals surface area (Å²) < 4.78 is 26.7. The molecule has 1 amide bonds. The number of carboxylic acid groups (broad SMARTS) is 1. The number of nitrogens with zero attached hydrogens (tertiary/aromatic N) is 2. The van der Waals surface area contributed by atoms with Crippen LogP contribution in [0.2, 0.25) is 0 Å². The van der Waals surface area contributed by atoms with Crippen LogP contribution in [0.25, 0.3) is 0 Å². The summed E-state index contributed by atoms with van der Waals surface area (Å²) in [6, 6.07) is 0. The van der Waals surface area contributed by atoms with Gasteiger partial charge in [-0.3, -0.25) is 14.3 Å². The molecule has 4 N–H and O–H groups in total. The van der Waals surface area contributed by atoms with Crippen LogP contribution in [0.3, 0.4) is 0 Å². The van der Waals surface area contributed by atoms with E-state index >= 15 is 0 Å². The van der Waals surface area contributed by atoms with Crippen LogP contribution in [-0.4, -0.2) is 38.7 Å². The number of hydrogen-bond donors (Lipinski definition) is 3. The van der Waals surface area contributed by atoms with Gasteiger partial charge in [-0.1, -0.05) is 0 Å². The van der Waals surface area contributed by atoms with E-state index in [1.165, 1.54) is 17.1 Å². The van der Waals surface area contributed by atoms with Crippen LogP contribution in [-0.2, 0) is 16.1 Å². The molecule has 128 valence electrons. The van der Waals surface area contributed by atoms with Gasteiger partial charge >= 0.3 is 5.97 Å². The number of carboxylic acids is 1. The summed E-state index contributed by atoms with van der Waals surface area (Å²) in [5.41, 5.74) is 5.30. The summed E-state index contributed by atoms with van der Waals surface area (Å²) in [5.74, 6) is -2.07. The van der Waals surface area contributed by atoms with E-state index < -0.39 is 29.8 Å². The highest BCUT2D eigenvalue weighted by Crippen LogP contribution is 2.34. The fourth-order valence-corrected chi connectivity index (χ4v) is 2.65. The Morgan fingerprint density at radius 1 is 1.48 bits per heavy atom. The minimum atomic E-state index is -2.38. The van der Waals surface area contributed by atoms with Crippen molar-refractivity contribution < 1.29 is 23.5 Å². The van der Waals surface area contributed by atoms with Crippen molar-refractivity contribution in [3.63, 3.8) is 0 Å². The van der Waals surface area contributed by atoms with Gasteiger partial charge in [-0.15, -0.1) is 0 Å². The third-order valence-electron chi connectivity index (χ3n) is 4.18. The van der Waals surface area contributed by atoms with Crippen LogP contribution in [0.4, 0.5) is 14.5 Å². The van der Waals surface area contributed by atoms with Crippen molar-refractivity contribution in [2.45, 2.75) is 50.6 Å². The highest BCUT2D eigenvalue weighted by atomic mass is 19.3. The van der Waals surface area contributed by atoms with Crippen LogP contribution in [0.5, 0.6) is 0 Å². The lowest BCUT2D eigenvalue weighted by molar-refractivity contribution is -0.137. The first kappa shape index (κ1) is 17.3. The zero-order valence-electron chi connectivity index (χ0n) is 12.5. The molecule has 0 saturated heterocycles. The molecule has 1 saturated carbocycles. The second-order valence-corrected chi connectivity index (χ2v) is 5.92. The van der Waals surface area contributed by atoms with E-state index in [4.69, 9.17) is 10.8 Å². The van der Waals surface area contributed by atoms with Gasteiger partial charge in [-0.25, -0.2) is 8.78 Å². The predicted molar refractivity (Wildman–Crippen MR) is 78.0 cm³/mol. The summed E-state index contributed by atoms with van der Waals surface area (Å²) in [6.07, 6.45) is 1.31. The van der Waals surface area contributed by atoms with Crippen LogP contribution < -0.4 is 11.1 Å². The molecular weight excluding hydrogens is 310 g/mol. The number of anilines is 1. The van der Waals surface area contributed by atoms with Crippen LogP contribution in [0, 0.1) is 5.92 Å². The van der Waals surface area contributed by atoms with Gasteiger partial charge in [-0.2, -0.15) is 5.10 Å². The van der Waals surface area contributed by atoms with Crippen LogP contribution in [0.1, 0.15) is 32.1 Å². The van der Waals surface area contributed by atoms with E-state index in [1.807, 2.05) is 0 Å². The highest BCUT2D eigenvalue weighted by molar-refractivity contribution is 5.97. The maximum Gasteiger partial charge on any atom is 0.305 e. The SMILES string of the molecule is NC1(C(=O)Nc2cnn(CCC(=O)O)c2)CCC(C(F)F)CC1. The van der Waals surface area contributed by atoms with Gasteiger partial charge in [0.05, 0.1) is 30.4 Å².